The van der Waals surface area contributed by atoms with Crippen LogP contribution in [-0.2, 0) is 18.9 Å². The number of fused-ring (bicyclic) bond motifs is 1. The topological polar surface area (TPSA) is 98.9 Å². The fraction of sp³-hybridized carbons (Fsp3) is 0.316. The predicted octanol–water partition coefficient (Wildman–Crippen LogP) is 2.29. The van der Waals surface area contributed by atoms with E-state index in [2.05, 4.69) is 15.3 Å². The molecule has 0 unspecified atom stereocenters. The van der Waals surface area contributed by atoms with Crippen LogP contribution in [0.5, 0.6) is 0 Å². The van der Waals surface area contributed by atoms with Gasteiger partial charge in [0.1, 0.15) is 16.2 Å². The molecule has 0 radical (unpaired) electrons. The lowest BCUT2D eigenvalue weighted by atomic mass is 10.3. The molecular formula is C19H18ClN5O3S. The fourth-order valence-electron chi connectivity index (χ4n) is 2.97. The first-order valence-electron chi connectivity index (χ1n) is 9.01. The van der Waals surface area contributed by atoms with E-state index >= 15 is 0 Å². The molecule has 2 heterocycles. The molecule has 2 aromatic heterocycles. The highest BCUT2D eigenvalue weighted by Crippen LogP contribution is 2.39. The molecule has 8 nitrogen and oxygen atoms in total. The van der Waals surface area contributed by atoms with Crippen LogP contribution in [0.3, 0.4) is 0 Å². The molecule has 10 heteroatoms. The zero-order valence-corrected chi connectivity index (χ0v) is 17.4. The number of amides is 1. The summed E-state index contributed by atoms with van der Waals surface area (Å²) in [4.78, 5) is 46.4. The molecule has 4 rings (SSSR count). The highest BCUT2D eigenvalue weighted by molar-refractivity contribution is 8.00. The number of thioether (sulfide) groups is 1. The largest absolute Gasteiger partial charge is 0.332 e. The molecule has 1 fully saturated rings. The third-order valence-corrected chi connectivity index (χ3v) is 5.89. The number of carbonyl (C=O) groups excluding carboxylic acids is 1. The molecule has 1 saturated carbocycles. The molecule has 3 aromatic rings. The van der Waals surface area contributed by atoms with E-state index in [4.69, 9.17) is 11.6 Å². The van der Waals surface area contributed by atoms with E-state index in [-0.39, 0.29) is 23.0 Å². The van der Waals surface area contributed by atoms with Crippen LogP contribution >= 0.6 is 23.4 Å². The van der Waals surface area contributed by atoms with Crippen LogP contribution < -0.4 is 16.6 Å². The minimum atomic E-state index is -0.469. The quantitative estimate of drug-likeness (QED) is 0.491. The summed E-state index contributed by atoms with van der Waals surface area (Å²) in [6.07, 6.45) is 1.95. The molecule has 1 aromatic carbocycles. The molecule has 29 heavy (non-hydrogen) atoms. The standard InChI is InChI=1S/C19H18ClN5O3S/c1-24-16-14(18(27)25(2)19(24)28)17(23-15(22-16)10-6-7-10)29-9-13(26)21-12-5-3-4-11(20)8-12/h3-5,8,10H,6-7,9H2,1-2H3,(H,21,26). The van der Waals surface area contributed by atoms with Gasteiger partial charge in [0.25, 0.3) is 5.56 Å². The number of carbonyl (C=O) groups is 1. The Bertz CT molecular complexity index is 1250. The second kappa shape index (κ2) is 7.64. The summed E-state index contributed by atoms with van der Waals surface area (Å²) in [5, 5.41) is 3.96. The lowest BCUT2D eigenvalue weighted by Gasteiger charge is -2.11. The Kier molecular flexibility index (Phi) is 5.18. The molecule has 1 N–H and O–H groups in total. The van der Waals surface area contributed by atoms with Crippen molar-refractivity contribution in [3.05, 3.63) is 56.0 Å². The maximum atomic E-state index is 12.7. The van der Waals surface area contributed by atoms with Crippen molar-refractivity contribution >= 4 is 46.0 Å². The predicted molar refractivity (Wildman–Crippen MR) is 113 cm³/mol. The number of hydrogen-bond acceptors (Lipinski definition) is 6. The average molecular weight is 432 g/mol. The van der Waals surface area contributed by atoms with Gasteiger partial charge in [0.2, 0.25) is 5.91 Å². The van der Waals surface area contributed by atoms with Gasteiger partial charge in [-0.15, -0.1) is 0 Å². The van der Waals surface area contributed by atoms with E-state index in [1.54, 1.807) is 31.3 Å². The van der Waals surface area contributed by atoms with Crippen molar-refractivity contribution < 1.29 is 4.79 Å². The van der Waals surface area contributed by atoms with E-state index in [0.717, 1.165) is 29.2 Å². The monoisotopic (exact) mass is 431 g/mol. The average Bonchev–Trinajstić information content (AvgIpc) is 3.54. The molecule has 0 aliphatic heterocycles. The summed E-state index contributed by atoms with van der Waals surface area (Å²) in [5.74, 6) is 0.643. The molecule has 1 aliphatic rings. The van der Waals surface area contributed by atoms with E-state index in [0.29, 0.717) is 27.2 Å². The maximum absolute atomic E-state index is 12.7. The number of anilines is 1. The normalized spacial score (nSPS) is 13.6. The van der Waals surface area contributed by atoms with Gasteiger partial charge in [-0.2, -0.15) is 0 Å². The van der Waals surface area contributed by atoms with Gasteiger partial charge in [-0.1, -0.05) is 29.4 Å². The van der Waals surface area contributed by atoms with Crippen LogP contribution in [0.15, 0.2) is 38.9 Å². The van der Waals surface area contributed by atoms with Crippen molar-refractivity contribution in [3.63, 3.8) is 0 Å². The molecule has 1 aliphatic carbocycles. The van der Waals surface area contributed by atoms with Crippen molar-refractivity contribution in [3.8, 4) is 0 Å². The molecular weight excluding hydrogens is 414 g/mol. The van der Waals surface area contributed by atoms with Gasteiger partial charge < -0.3 is 5.32 Å². The Hall–Kier alpha value is -2.65. The first kappa shape index (κ1) is 19.7. The Balaban J connectivity index is 1.68. The molecule has 0 bridgehead atoms. The Morgan fingerprint density at radius 1 is 1.24 bits per heavy atom. The molecule has 1 amide bonds. The van der Waals surface area contributed by atoms with E-state index in [9.17, 15) is 14.4 Å². The van der Waals surface area contributed by atoms with E-state index < -0.39 is 11.2 Å². The zero-order valence-electron chi connectivity index (χ0n) is 15.8. The summed E-state index contributed by atoms with van der Waals surface area (Å²) in [7, 11) is 2.99. The lowest BCUT2D eigenvalue weighted by Crippen LogP contribution is -2.37. The molecule has 0 atom stereocenters. The van der Waals surface area contributed by atoms with Crippen molar-refractivity contribution in [1.82, 2.24) is 19.1 Å². The second-order valence-electron chi connectivity index (χ2n) is 6.91. The summed E-state index contributed by atoms with van der Waals surface area (Å²) < 4.78 is 2.37. The fourth-order valence-corrected chi connectivity index (χ4v) is 3.98. The highest BCUT2D eigenvalue weighted by Gasteiger charge is 2.29. The first-order chi connectivity index (χ1) is 13.8. The minimum Gasteiger partial charge on any atom is -0.325 e. The van der Waals surface area contributed by atoms with Gasteiger partial charge in [-0.25, -0.2) is 14.8 Å². The van der Waals surface area contributed by atoms with Gasteiger partial charge >= 0.3 is 5.69 Å². The molecule has 0 saturated heterocycles. The van der Waals surface area contributed by atoms with Gasteiger partial charge in [-0.3, -0.25) is 18.7 Å². The number of benzene rings is 1. The van der Waals surface area contributed by atoms with Gasteiger partial charge in [0.15, 0.2) is 5.65 Å². The SMILES string of the molecule is Cn1c(=O)c2c(SCC(=O)Nc3cccc(Cl)c3)nc(C3CC3)nc2n(C)c1=O. The molecule has 0 spiro atoms. The summed E-state index contributed by atoms with van der Waals surface area (Å²) in [5.41, 5.74) is -0.0267. The van der Waals surface area contributed by atoms with Crippen LogP contribution in [0.1, 0.15) is 24.6 Å². The number of nitrogens with zero attached hydrogens (tertiary/aromatic N) is 4. The number of nitrogens with one attached hydrogen (secondary N) is 1. The van der Waals surface area contributed by atoms with Gasteiger partial charge in [0, 0.05) is 30.7 Å². The van der Waals surface area contributed by atoms with Gasteiger partial charge in [0.05, 0.1) is 5.75 Å². The first-order valence-corrected chi connectivity index (χ1v) is 10.4. The van der Waals surface area contributed by atoms with Crippen LogP contribution in [0.25, 0.3) is 11.0 Å². The third-order valence-electron chi connectivity index (χ3n) is 4.67. The third kappa shape index (κ3) is 3.92. The highest BCUT2D eigenvalue weighted by atomic mass is 35.5. The van der Waals surface area contributed by atoms with Crippen LogP contribution in [-0.4, -0.2) is 30.8 Å². The molecule has 150 valence electrons. The van der Waals surface area contributed by atoms with Gasteiger partial charge in [-0.05, 0) is 31.0 Å². The summed E-state index contributed by atoms with van der Waals surface area (Å²) in [6, 6.07) is 6.86. The lowest BCUT2D eigenvalue weighted by molar-refractivity contribution is -0.113. The number of aromatic nitrogens is 4. The van der Waals surface area contributed by atoms with Crippen LogP contribution in [0.2, 0.25) is 5.02 Å². The number of aryl methyl sites for hydroxylation is 1. The Labute approximate surface area is 174 Å². The van der Waals surface area contributed by atoms with Crippen molar-refractivity contribution in [2.75, 3.05) is 11.1 Å². The zero-order chi connectivity index (χ0) is 20.7. The van der Waals surface area contributed by atoms with Crippen molar-refractivity contribution in [2.24, 2.45) is 14.1 Å². The summed E-state index contributed by atoms with van der Waals surface area (Å²) >= 11 is 7.09. The van der Waals surface area contributed by atoms with Crippen molar-refractivity contribution in [2.45, 2.75) is 23.8 Å². The van der Waals surface area contributed by atoms with Crippen molar-refractivity contribution in [1.29, 1.82) is 0 Å². The maximum Gasteiger partial charge on any atom is 0.332 e. The van der Waals surface area contributed by atoms with Crippen LogP contribution in [0.4, 0.5) is 5.69 Å². The van der Waals surface area contributed by atoms with Crippen LogP contribution in [0, 0.1) is 0 Å². The Morgan fingerprint density at radius 3 is 2.69 bits per heavy atom. The minimum absolute atomic E-state index is 0.0503. The van der Waals surface area contributed by atoms with E-state index in [1.165, 1.54) is 11.6 Å². The number of hydrogen-bond donors (Lipinski definition) is 1. The number of halogens is 1. The number of rotatable bonds is 5. The Morgan fingerprint density at radius 2 is 2.00 bits per heavy atom. The smallest absolute Gasteiger partial charge is 0.325 e. The summed E-state index contributed by atoms with van der Waals surface area (Å²) in [6.45, 7) is 0. The second-order valence-corrected chi connectivity index (χ2v) is 8.31. The van der Waals surface area contributed by atoms with E-state index in [1.807, 2.05) is 0 Å².